The minimum Gasteiger partial charge on any atom is -0.495 e. The van der Waals surface area contributed by atoms with Crippen molar-refractivity contribution >= 4 is 28.9 Å². The zero-order valence-electron chi connectivity index (χ0n) is 16.7. The number of carbonyl (C=O) groups excluding carboxylic acids is 2. The molecule has 31 heavy (non-hydrogen) atoms. The van der Waals surface area contributed by atoms with Crippen molar-refractivity contribution in [2.45, 2.75) is 6.10 Å². The number of nitrogens with zero attached hydrogens (tertiary/aromatic N) is 3. The molecule has 2 unspecified atom stereocenters. The highest BCUT2D eigenvalue weighted by atomic mass is 16.7. The van der Waals surface area contributed by atoms with Gasteiger partial charge < -0.3 is 19.0 Å². The van der Waals surface area contributed by atoms with E-state index in [2.05, 4.69) is 5.16 Å². The number of hydrogen-bond acceptors (Lipinski definition) is 9. The van der Waals surface area contributed by atoms with Crippen LogP contribution in [0.25, 0.3) is 0 Å². The average molecular weight is 427 g/mol. The van der Waals surface area contributed by atoms with Crippen LogP contribution in [-0.2, 0) is 14.4 Å². The highest BCUT2D eigenvalue weighted by molar-refractivity contribution is 6.33. The first kappa shape index (κ1) is 20.1. The maximum absolute atomic E-state index is 13.3. The summed E-state index contributed by atoms with van der Waals surface area (Å²) in [5.41, 5.74) is 0.300. The fraction of sp³-hybridized carbons (Fsp3) is 0.250. The van der Waals surface area contributed by atoms with Gasteiger partial charge in [-0.2, -0.15) is 0 Å². The van der Waals surface area contributed by atoms with Gasteiger partial charge in [0.1, 0.15) is 23.1 Å². The van der Waals surface area contributed by atoms with Crippen LogP contribution >= 0.6 is 0 Å². The molecule has 0 spiro atoms. The Hall–Kier alpha value is -4.15. The Bertz CT molecular complexity index is 1130. The number of para-hydroxylation sites is 1. The fourth-order valence-corrected chi connectivity index (χ4v) is 3.69. The van der Waals surface area contributed by atoms with Gasteiger partial charge >= 0.3 is 0 Å². The summed E-state index contributed by atoms with van der Waals surface area (Å²) in [5, 5.41) is 15.2. The Balaban J connectivity index is 1.78. The molecule has 2 atom stereocenters. The SMILES string of the molecule is COc1ccc([N+](=O)[O-])cc1N1C(=O)C2ON=C(c3cccc(OC)c3OC)C2C1=O. The lowest BCUT2D eigenvalue weighted by Gasteiger charge is -2.18. The Morgan fingerprint density at radius 3 is 2.42 bits per heavy atom. The number of anilines is 1. The summed E-state index contributed by atoms with van der Waals surface area (Å²) < 4.78 is 15.9. The number of benzene rings is 2. The molecule has 0 saturated carbocycles. The summed E-state index contributed by atoms with van der Waals surface area (Å²) in [4.78, 5) is 43.1. The van der Waals surface area contributed by atoms with Gasteiger partial charge in [-0.15, -0.1) is 0 Å². The van der Waals surface area contributed by atoms with Crippen molar-refractivity contribution in [3.8, 4) is 17.2 Å². The number of oxime groups is 1. The molecule has 2 aromatic rings. The van der Waals surface area contributed by atoms with Crippen molar-refractivity contribution in [1.29, 1.82) is 0 Å². The number of methoxy groups -OCH3 is 3. The monoisotopic (exact) mass is 427 g/mol. The van der Waals surface area contributed by atoms with E-state index in [9.17, 15) is 19.7 Å². The molecule has 2 aromatic carbocycles. The van der Waals surface area contributed by atoms with E-state index >= 15 is 0 Å². The van der Waals surface area contributed by atoms with E-state index in [-0.39, 0.29) is 22.8 Å². The maximum atomic E-state index is 13.3. The molecule has 1 saturated heterocycles. The van der Waals surface area contributed by atoms with Crippen LogP contribution in [0, 0.1) is 16.0 Å². The normalized spacial score (nSPS) is 19.6. The van der Waals surface area contributed by atoms with Crippen LogP contribution in [0.15, 0.2) is 41.6 Å². The Labute approximate surface area is 175 Å². The second-order valence-corrected chi connectivity index (χ2v) is 6.65. The number of amides is 2. The summed E-state index contributed by atoms with van der Waals surface area (Å²) in [6.45, 7) is 0. The number of hydrogen-bond donors (Lipinski definition) is 0. The largest absolute Gasteiger partial charge is 0.495 e. The summed E-state index contributed by atoms with van der Waals surface area (Å²) in [6, 6.07) is 8.69. The number of nitro benzene ring substituents is 1. The van der Waals surface area contributed by atoms with Gasteiger partial charge in [0.05, 0.1) is 26.3 Å². The first-order valence-electron chi connectivity index (χ1n) is 9.08. The smallest absolute Gasteiger partial charge is 0.279 e. The molecular formula is C20H17N3O8. The highest BCUT2D eigenvalue weighted by Crippen LogP contribution is 2.42. The molecule has 2 aliphatic heterocycles. The van der Waals surface area contributed by atoms with Gasteiger partial charge in [-0.3, -0.25) is 19.7 Å². The first-order chi connectivity index (χ1) is 14.9. The van der Waals surface area contributed by atoms with Crippen molar-refractivity contribution in [1.82, 2.24) is 0 Å². The topological polar surface area (TPSA) is 130 Å². The van der Waals surface area contributed by atoms with Crippen LogP contribution in [0.1, 0.15) is 5.56 Å². The van der Waals surface area contributed by atoms with Crippen LogP contribution < -0.4 is 19.1 Å². The van der Waals surface area contributed by atoms with Crippen molar-refractivity contribution in [2.75, 3.05) is 26.2 Å². The molecular weight excluding hydrogens is 410 g/mol. The van der Waals surface area contributed by atoms with Crippen LogP contribution in [0.4, 0.5) is 11.4 Å². The molecule has 11 heteroatoms. The first-order valence-corrected chi connectivity index (χ1v) is 9.08. The number of rotatable bonds is 6. The lowest BCUT2D eigenvalue weighted by Crippen LogP contribution is -2.33. The summed E-state index contributed by atoms with van der Waals surface area (Å²) in [5.74, 6) is -1.52. The molecule has 0 radical (unpaired) electrons. The number of ether oxygens (including phenoxy) is 3. The second-order valence-electron chi connectivity index (χ2n) is 6.65. The third-order valence-electron chi connectivity index (χ3n) is 5.11. The Kier molecular flexibility index (Phi) is 4.93. The van der Waals surface area contributed by atoms with Crippen molar-refractivity contribution in [3.63, 3.8) is 0 Å². The molecule has 0 aromatic heterocycles. The molecule has 160 valence electrons. The molecule has 0 N–H and O–H groups in total. The molecule has 0 bridgehead atoms. The zero-order chi connectivity index (χ0) is 22.3. The molecule has 1 fully saturated rings. The lowest BCUT2D eigenvalue weighted by molar-refractivity contribution is -0.384. The number of nitro groups is 1. The minimum atomic E-state index is -1.21. The Morgan fingerprint density at radius 1 is 1.03 bits per heavy atom. The summed E-state index contributed by atoms with van der Waals surface area (Å²) in [6.07, 6.45) is -1.21. The van der Waals surface area contributed by atoms with E-state index in [1.807, 2.05) is 0 Å². The van der Waals surface area contributed by atoms with Gasteiger partial charge in [-0.25, -0.2) is 4.90 Å². The number of fused-ring (bicyclic) bond motifs is 1. The maximum Gasteiger partial charge on any atom is 0.279 e. The van der Waals surface area contributed by atoms with E-state index in [1.165, 1.54) is 33.5 Å². The highest BCUT2D eigenvalue weighted by Gasteiger charge is 2.57. The average Bonchev–Trinajstić information content (AvgIpc) is 3.32. The summed E-state index contributed by atoms with van der Waals surface area (Å²) >= 11 is 0. The van der Waals surface area contributed by atoms with E-state index in [1.54, 1.807) is 18.2 Å². The van der Waals surface area contributed by atoms with Crippen LogP contribution in [-0.4, -0.2) is 49.9 Å². The third-order valence-corrected chi connectivity index (χ3v) is 5.11. The van der Waals surface area contributed by atoms with Crippen molar-refractivity contribution < 1.29 is 33.6 Å². The van der Waals surface area contributed by atoms with Gasteiger partial charge in [0.15, 0.2) is 11.5 Å². The van der Waals surface area contributed by atoms with E-state index in [4.69, 9.17) is 19.0 Å². The van der Waals surface area contributed by atoms with Gasteiger partial charge in [-0.05, 0) is 18.2 Å². The van der Waals surface area contributed by atoms with Crippen LogP contribution in [0.2, 0.25) is 0 Å². The number of imide groups is 1. The van der Waals surface area contributed by atoms with Crippen LogP contribution in [0.3, 0.4) is 0 Å². The quantitative estimate of drug-likeness (QED) is 0.388. The van der Waals surface area contributed by atoms with Crippen molar-refractivity contribution in [3.05, 3.63) is 52.1 Å². The minimum absolute atomic E-state index is 0.0401. The number of non-ortho nitro benzene ring substituents is 1. The molecule has 2 heterocycles. The number of carbonyl (C=O) groups is 2. The van der Waals surface area contributed by atoms with Crippen molar-refractivity contribution in [2.24, 2.45) is 11.1 Å². The molecule has 4 rings (SSSR count). The van der Waals surface area contributed by atoms with E-state index in [0.717, 1.165) is 11.0 Å². The fourth-order valence-electron chi connectivity index (χ4n) is 3.69. The van der Waals surface area contributed by atoms with Gasteiger partial charge in [-0.1, -0.05) is 11.2 Å². The second kappa shape index (κ2) is 7.59. The van der Waals surface area contributed by atoms with Gasteiger partial charge in [0.25, 0.3) is 11.6 Å². The van der Waals surface area contributed by atoms with Gasteiger partial charge in [0.2, 0.25) is 12.0 Å². The lowest BCUT2D eigenvalue weighted by atomic mass is 9.93. The molecule has 2 aliphatic rings. The van der Waals surface area contributed by atoms with E-state index in [0.29, 0.717) is 17.1 Å². The molecule has 0 aliphatic carbocycles. The van der Waals surface area contributed by atoms with E-state index < -0.39 is 28.8 Å². The van der Waals surface area contributed by atoms with Gasteiger partial charge in [0, 0.05) is 17.7 Å². The summed E-state index contributed by atoms with van der Waals surface area (Å²) in [7, 11) is 4.25. The third kappa shape index (κ3) is 3.01. The Morgan fingerprint density at radius 2 is 1.77 bits per heavy atom. The standard InChI is InChI=1S/C20H17N3O8/c1-28-13-8-7-10(23(26)27)9-12(13)22-19(24)15-16(21-31-18(15)20(22)25)11-5-4-6-14(29-2)17(11)30-3/h4-9,15,18H,1-3H3. The molecule has 11 nitrogen and oxygen atoms in total. The predicted molar refractivity (Wildman–Crippen MR) is 107 cm³/mol. The molecule has 2 amide bonds. The van der Waals surface area contributed by atoms with Crippen LogP contribution in [0.5, 0.6) is 17.2 Å². The zero-order valence-corrected chi connectivity index (χ0v) is 16.7. The predicted octanol–water partition coefficient (Wildman–Crippen LogP) is 1.91.